The predicted octanol–water partition coefficient (Wildman–Crippen LogP) is 2.87. The van der Waals surface area contributed by atoms with Crippen LogP contribution in [0.15, 0.2) is 53.4 Å². The number of fused-ring (bicyclic) bond motifs is 1. The van der Waals surface area contributed by atoms with Crippen molar-refractivity contribution < 1.29 is 17.6 Å². The van der Waals surface area contributed by atoms with E-state index in [1.54, 1.807) is 0 Å². The van der Waals surface area contributed by atoms with E-state index in [0.717, 1.165) is 38.1 Å². The smallest absolute Gasteiger partial charge is 0.261 e. The number of nitrogens with zero attached hydrogens (tertiary/aromatic N) is 3. The van der Waals surface area contributed by atoms with Crippen LogP contribution >= 0.6 is 0 Å². The first-order valence-electron chi connectivity index (χ1n) is 10.00. The van der Waals surface area contributed by atoms with Gasteiger partial charge in [-0.25, -0.2) is 12.8 Å². The molecule has 31 heavy (non-hydrogen) atoms. The number of rotatable bonds is 6. The van der Waals surface area contributed by atoms with Crippen LogP contribution in [-0.2, 0) is 29.5 Å². The number of carbonyl (C=O) groups is 1. The summed E-state index contributed by atoms with van der Waals surface area (Å²) < 4.78 is 42.4. The molecule has 10 heteroatoms. The van der Waals surface area contributed by atoms with Gasteiger partial charge in [-0.1, -0.05) is 6.42 Å². The molecule has 0 saturated carbocycles. The summed E-state index contributed by atoms with van der Waals surface area (Å²) in [4.78, 5) is 12.5. The Morgan fingerprint density at radius 1 is 1.00 bits per heavy atom. The Hall–Kier alpha value is -3.27. The maximum Gasteiger partial charge on any atom is 0.261 e. The molecule has 0 unspecified atom stereocenters. The van der Waals surface area contributed by atoms with E-state index in [1.807, 2.05) is 0 Å². The molecule has 8 nitrogen and oxygen atoms in total. The maximum absolute atomic E-state index is 13.0. The van der Waals surface area contributed by atoms with Crippen molar-refractivity contribution in [3.05, 3.63) is 71.6 Å². The van der Waals surface area contributed by atoms with Gasteiger partial charge in [-0.3, -0.25) is 9.52 Å². The number of aryl methyl sites for hydroxylation is 1. The zero-order valence-corrected chi connectivity index (χ0v) is 17.5. The van der Waals surface area contributed by atoms with Gasteiger partial charge in [0.15, 0.2) is 5.82 Å². The Labute approximate surface area is 179 Å². The van der Waals surface area contributed by atoms with E-state index in [1.165, 1.54) is 48.5 Å². The lowest BCUT2D eigenvalue weighted by Crippen LogP contribution is -2.25. The minimum absolute atomic E-state index is 0.00356. The summed E-state index contributed by atoms with van der Waals surface area (Å²) in [5, 5.41) is 11.2. The van der Waals surface area contributed by atoms with Crippen molar-refractivity contribution >= 4 is 21.6 Å². The highest BCUT2D eigenvalue weighted by Crippen LogP contribution is 2.18. The highest BCUT2D eigenvalue weighted by atomic mass is 32.2. The number of halogens is 1. The van der Waals surface area contributed by atoms with Gasteiger partial charge >= 0.3 is 0 Å². The minimum atomic E-state index is -3.86. The van der Waals surface area contributed by atoms with Crippen LogP contribution in [0.5, 0.6) is 0 Å². The second kappa shape index (κ2) is 8.84. The fourth-order valence-corrected chi connectivity index (χ4v) is 4.51. The molecule has 2 N–H and O–H groups in total. The van der Waals surface area contributed by atoms with Crippen molar-refractivity contribution in [3.8, 4) is 0 Å². The summed E-state index contributed by atoms with van der Waals surface area (Å²) in [6.07, 6.45) is 4.20. The number of hydrogen-bond donors (Lipinski definition) is 2. The summed E-state index contributed by atoms with van der Waals surface area (Å²) >= 11 is 0. The van der Waals surface area contributed by atoms with Gasteiger partial charge < -0.3 is 9.88 Å². The van der Waals surface area contributed by atoms with Gasteiger partial charge in [0.2, 0.25) is 0 Å². The third-order valence-corrected chi connectivity index (χ3v) is 6.51. The lowest BCUT2D eigenvalue weighted by Gasteiger charge is -2.10. The standard InChI is InChI=1S/C21H22FN5O3S/c22-16-7-9-17(10-8-16)26-31(29,30)18-11-5-15(6-12-18)21(28)23-14-20-25-24-19-4-2-1-3-13-27(19)20/h5-12,26H,1-4,13-14H2,(H,23,28). The molecule has 3 aromatic rings. The molecule has 1 amide bonds. The molecule has 0 bridgehead atoms. The molecule has 162 valence electrons. The van der Waals surface area contributed by atoms with E-state index in [9.17, 15) is 17.6 Å². The van der Waals surface area contributed by atoms with Gasteiger partial charge in [0.25, 0.3) is 15.9 Å². The Bertz CT molecular complexity index is 1170. The monoisotopic (exact) mass is 443 g/mol. The van der Waals surface area contributed by atoms with Gasteiger partial charge in [0.05, 0.1) is 11.4 Å². The number of nitrogens with one attached hydrogen (secondary N) is 2. The quantitative estimate of drug-likeness (QED) is 0.609. The summed E-state index contributed by atoms with van der Waals surface area (Å²) in [5.41, 5.74) is 0.576. The molecule has 0 radical (unpaired) electrons. The second-order valence-electron chi connectivity index (χ2n) is 7.31. The zero-order chi connectivity index (χ0) is 21.8. The molecular formula is C21H22FN5O3S. The van der Waals surface area contributed by atoms with E-state index in [0.29, 0.717) is 11.4 Å². The van der Waals surface area contributed by atoms with Crippen molar-refractivity contribution in [3.63, 3.8) is 0 Å². The van der Waals surface area contributed by atoms with E-state index in [4.69, 9.17) is 0 Å². The maximum atomic E-state index is 13.0. The van der Waals surface area contributed by atoms with Crippen LogP contribution in [0.2, 0.25) is 0 Å². The summed E-state index contributed by atoms with van der Waals surface area (Å²) in [6.45, 7) is 1.10. The molecule has 0 fully saturated rings. The number of hydrogen-bond acceptors (Lipinski definition) is 5. The largest absolute Gasteiger partial charge is 0.345 e. The molecule has 1 aliphatic rings. The van der Waals surface area contributed by atoms with Crippen LogP contribution in [0, 0.1) is 5.82 Å². The Morgan fingerprint density at radius 2 is 1.74 bits per heavy atom. The van der Waals surface area contributed by atoms with Gasteiger partial charge in [-0.15, -0.1) is 10.2 Å². The Balaban J connectivity index is 1.40. The predicted molar refractivity (Wildman–Crippen MR) is 112 cm³/mol. The average Bonchev–Trinajstić information content (AvgIpc) is 2.99. The molecule has 2 heterocycles. The van der Waals surface area contributed by atoms with Crippen LogP contribution in [-0.4, -0.2) is 29.1 Å². The van der Waals surface area contributed by atoms with Gasteiger partial charge in [-0.2, -0.15) is 0 Å². The number of benzene rings is 2. The molecule has 0 atom stereocenters. The van der Waals surface area contributed by atoms with Crippen LogP contribution in [0.4, 0.5) is 10.1 Å². The van der Waals surface area contributed by atoms with Crippen molar-refractivity contribution in [2.24, 2.45) is 0 Å². The second-order valence-corrected chi connectivity index (χ2v) is 9.00. The molecule has 0 aliphatic carbocycles. The van der Waals surface area contributed by atoms with Crippen LogP contribution in [0.1, 0.15) is 41.3 Å². The molecule has 0 saturated heterocycles. The number of carbonyl (C=O) groups excluding carboxylic acids is 1. The summed E-state index contributed by atoms with van der Waals surface area (Å²) in [7, 11) is -3.86. The molecule has 1 aromatic heterocycles. The van der Waals surface area contributed by atoms with Crippen molar-refractivity contribution in [2.75, 3.05) is 4.72 Å². The van der Waals surface area contributed by atoms with Crippen LogP contribution in [0.25, 0.3) is 0 Å². The lowest BCUT2D eigenvalue weighted by molar-refractivity contribution is 0.0949. The van der Waals surface area contributed by atoms with E-state index >= 15 is 0 Å². The first-order valence-corrected chi connectivity index (χ1v) is 11.5. The number of sulfonamides is 1. The first kappa shape index (κ1) is 21.0. The van der Waals surface area contributed by atoms with Crippen molar-refractivity contribution in [2.45, 2.75) is 43.7 Å². The zero-order valence-electron chi connectivity index (χ0n) is 16.7. The van der Waals surface area contributed by atoms with Gasteiger partial charge in [0, 0.05) is 24.2 Å². The van der Waals surface area contributed by atoms with E-state index in [-0.39, 0.29) is 23.0 Å². The number of anilines is 1. The summed E-state index contributed by atoms with van der Waals surface area (Å²) in [5.74, 6) is 0.875. The number of amides is 1. The fraction of sp³-hybridized carbons (Fsp3) is 0.286. The highest BCUT2D eigenvalue weighted by molar-refractivity contribution is 7.92. The minimum Gasteiger partial charge on any atom is -0.345 e. The van der Waals surface area contributed by atoms with Crippen LogP contribution in [0.3, 0.4) is 0 Å². The van der Waals surface area contributed by atoms with Gasteiger partial charge in [-0.05, 0) is 61.4 Å². The molecule has 1 aliphatic heterocycles. The summed E-state index contributed by atoms with van der Waals surface area (Å²) in [6, 6.07) is 10.6. The van der Waals surface area contributed by atoms with Gasteiger partial charge in [0.1, 0.15) is 11.6 Å². The van der Waals surface area contributed by atoms with Crippen molar-refractivity contribution in [1.82, 2.24) is 20.1 Å². The Kier molecular flexibility index (Phi) is 5.99. The SMILES string of the molecule is O=C(NCc1nnc2n1CCCCC2)c1ccc(S(=O)(=O)Nc2ccc(F)cc2)cc1. The Morgan fingerprint density at radius 3 is 2.48 bits per heavy atom. The average molecular weight is 444 g/mol. The fourth-order valence-electron chi connectivity index (χ4n) is 3.45. The highest BCUT2D eigenvalue weighted by Gasteiger charge is 2.17. The van der Waals surface area contributed by atoms with Crippen molar-refractivity contribution in [1.29, 1.82) is 0 Å². The molecular weight excluding hydrogens is 421 g/mol. The third-order valence-electron chi connectivity index (χ3n) is 5.12. The number of aromatic nitrogens is 3. The molecule has 0 spiro atoms. The molecule has 2 aromatic carbocycles. The first-order chi connectivity index (χ1) is 14.9. The normalized spacial score (nSPS) is 13.8. The third kappa shape index (κ3) is 4.91. The van der Waals surface area contributed by atoms with Crippen LogP contribution < -0.4 is 10.0 Å². The topological polar surface area (TPSA) is 106 Å². The van der Waals surface area contributed by atoms with E-state index < -0.39 is 15.8 Å². The molecule has 4 rings (SSSR count). The lowest BCUT2D eigenvalue weighted by atomic mass is 10.2. The van der Waals surface area contributed by atoms with E-state index in [2.05, 4.69) is 24.8 Å².